The SMILES string of the molecule is COc1cc(Br)ccc1Nc1ncc2c(n1)-c1c(c(C(N)=O)nn1C)CCC2. The number of nitrogens with two attached hydrogens (primary N) is 1. The molecule has 3 N–H and O–H groups in total. The zero-order valence-corrected chi connectivity index (χ0v) is 17.1. The Kier molecular flexibility index (Phi) is 4.76. The van der Waals surface area contributed by atoms with E-state index in [0.717, 1.165) is 51.9 Å². The maximum Gasteiger partial charge on any atom is 0.269 e. The van der Waals surface area contributed by atoms with E-state index in [9.17, 15) is 4.79 Å². The Hall–Kier alpha value is -2.94. The minimum Gasteiger partial charge on any atom is -0.495 e. The number of ether oxygens (including phenoxy) is 1. The number of nitrogens with one attached hydrogen (secondary N) is 1. The highest BCUT2D eigenvalue weighted by atomic mass is 79.9. The number of amides is 1. The van der Waals surface area contributed by atoms with Crippen LogP contribution in [0.1, 0.15) is 28.0 Å². The Morgan fingerprint density at radius 3 is 2.93 bits per heavy atom. The van der Waals surface area contributed by atoms with Crippen molar-refractivity contribution in [1.82, 2.24) is 19.7 Å². The van der Waals surface area contributed by atoms with Crippen LogP contribution in [-0.4, -0.2) is 32.8 Å². The van der Waals surface area contributed by atoms with Gasteiger partial charge in [-0.05, 0) is 43.0 Å². The lowest BCUT2D eigenvalue weighted by molar-refractivity contribution is 0.0994. The summed E-state index contributed by atoms with van der Waals surface area (Å²) >= 11 is 3.43. The van der Waals surface area contributed by atoms with E-state index >= 15 is 0 Å². The first kappa shape index (κ1) is 18.4. The first-order valence-corrected chi connectivity index (χ1v) is 9.59. The molecular formula is C19H19BrN6O2. The number of nitrogens with zero attached hydrogens (tertiary/aromatic N) is 4. The van der Waals surface area contributed by atoms with Gasteiger partial charge >= 0.3 is 0 Å². The molecule has 9 heteroatoms. The van der Waals surface area contributed by atoms with Gasteiger partial charge in [-0.2, -0.15) is 5.10 Å². The molecule has 28 heavy (non-hydrogen) atoms. The summed E-state index contributed by atoms with van der Waals surface area (Å²) in [5.41, 5.74) is 10.0. The van der Waals surface area contributed by atoms with E-state index in [1.165, 1.54) is 0 Å². The first-order chi connectivity index (χ1) is 13.5. The molecule has 0 atom stereocenters. The maximum atomic E-state index is 11.8. The fourth-order valence-corrected chi connectivity index (χ4v) is 3.84. The number of benzene rings is 1. The highest BCUT2D eigenvalue weighted by Crippen LogP contribution is 2.34. The number of carbonyl (C=O) groups is 1. The van der Waals surface area contributed by atoms with Crippen LogP contribution in [-0.2, 0) is 19.9 Å². The van der Waals surface area contributed by atoms with Crippen LogP contribution in [0.25, 0.3) is 11.4 Å². The molecule has 3 aromatic rings. The molecule has 0 spiro atoms. The van der Waals surface area contributed by atoms with Crippen molar-refractivity contribution in [3.05, 3.63) is 45.7 Å². The second kappa shape index (κ2) is 7.23. The Balaban J connectivity index is 1.79. The lowest BCUT2D eigenvalue weighted by Gasteiger charge is -2.13. The van der Waals surface area contributed by atoms with Crippen molar-refractivity contribution >= 4 is 33.5 Å². The molecule has 4 rings (SSSR count). The Morgan fingerprint density at radius 1 is 1.36 bits per heavy atom. The molecule has 144 valence electrons. The monoisotopic (exact) mass is 442 g/mol. The van der Waals surface area contributed by atoms with Crippen molar-refractivity contribution in [3.63, 3.8) is 0 Å². The van der Waals surface area contributed by atoms with Gasteiger partial charge in [0.15, 0.2) is 5.69 Å². The summed E-state index contributed by atoms with van der Waals surface area (Å²) in [6.07, 6.45) is 4.25. The third kappa shape index (κ3) is 3.22. The number of halogens is 1. The van der Waals surface area contributed by atoms with Crippen LogP contribution < -0.4 is 15.8 Å². The normalized spacial score (nSPS) is 12.7. The predicted octanol–water partition coefficient (Wildman–Crippen LogP) is 2.98. The molecule has 0 saturated heterocycles. The van der Waals surface area contributed by atoms with E-state index in [-0.39, 0.29) is 0 Å². The molecule has 0 unspecified atom stereocenters. The molecule has 0 fully saturated rings. The summed E-state index contributed by atoms with van der Waals surface area (Å²) in [7, 11) is 3.41. The van der Waals surface area contributed by atoms with Crippen molar-refractivity contribution in [2.24, 2.45) is 12.8 Å². The lowest BCUT2D eigenvalue weighted by atomic mass is 10.1. The quantitative estimate of drug-likeness (QED) is 0.642. The van der Waals surface area contributed by atoms with Gasteiger partial charge in [0, 0.05) is 23.3 Å². The Bertz CT molecular complexity index is 1080. The second-order valence-electron chi connectivity index (χ2n) is 6.55. The van der Waals surface area contributed by atoms with E-state index in [4.69, 9.17) is 15.5 Å². The van der Waals surface area contributed by atoms with Gasteiger partial charge in [0.1, 0.15) is 5.75 Å². The zero-order valence-electron chi connectivity index (χ0n) is 15.5. The lowest BCUT2D eigenvalue weighted by Crippen LogP contribution is -2.14. The third-order valence-corrected chi connectivity index (χ3v) is 5.24. The molecule has 0 radical (unpaired) electrons. The summed E-state index contributed by atoms with van der Waals surface area (Å²) in [6, 6.07) is 5.66. The highest BCUT2D eigenvalue weighted by molar-refractivity contribution is 9.10. The number of rotatable bonds is 4. The Morgan fingerprint density at radius 2 is 2.18 bits per heavy atom. The third-order valence-electron chi connectivity index (χ3n) is 4.75. The van der Waals surface area contributed by atoms with Crippen molar-refractivity contribution in [2.45, 2.75) is 19.3 Å². The molecule has 1 aromatic carbocycles. The van der Waals surface area contributed by atoms with E-state index in [1.54, 1.807) is 18.8 Å². The molecular weight excluding hydrogens is 424 g/mol. The number of methoxy groups -OCH3 is 1. The fourth-order valence-electron chi connectivity index (χ4n) is 3.50. The largest absolute Gasteiger partial charge is 0.495 e. The number of aryl methyl sites for hydroxylation is 2. The van der Waals surface area contributed by atoms with E-state index in [2.05, 4.69) is 31.3 Å². The van der Waals surface area contributed by atoms with Crippen molar-refractivity contribution in [2.75, 3.05) is 12.4 Å². The van der Waals surface area contributed by atoms with Gasteiger partial charge in [0.2, 0.25) is 5.95 Å². The van der Waals surface area contributed by atoms with Crippen molar-refractivity contribution in [1.29, 1.82) is 0 Å². The standard InChI is InChI=1S/C19H19BrN6O2/c1-26-17-12(16(25-26)18(21)27)5-3-4-10-9-22-19(24-15(10)17)23-13-7-6-11(20)8-14(13)28-2/h6-9H,3-5H2,1-2H3,(H2,21,27)(H,22,23,24). The van der Waals surface area contributed by atoms with Crippen LogP contribution in [0.5, 0.6) is 5.75 Å². The second-order valence-corrected chi connectivity index (χ2v) is 7.47. The molecule has 0 bridgehead atoms. The highest BCUT2D eigenvalue weighted by Gasteiger charge is 2.26. The van der Waals surface area contributed by atoms with Crippen LogP contribution >= 0.6 is 15.9 Å². The molecule has 0 saturated carbocycles. The molecule has 1 amide bonds. The molecule has 8 nitrogen and oxygen atoms in total. The van der Waals surface area contributed by atoms with Gasteiger partial charge in [0.25, 0.3) is 5.91 Å². The van der Waals surface area contributed by atoms with Crippen LogP contribution in [0.15, 0.2) is 28.9 Å². The average molecular weight is 443 g/mol. The van der Waals surface area contributed by atoms with Gasteiger partial charge in [-0.3, -0.25) is 9.48 Å². The van der Waals surface area contributed by atoms with E-state index in [0.29, 0.717) is 17.4 Å². The number of anilines is 2. The number of hydrogen-bond acceptors (Lipinski definition) is 6. The summed E-state index contributed by atoms with van der Waals surface area (Å²) in [6.45, 7) is 0. The van der Waals surface area contributed by atoms with Crippen molar-refractivity contribution in [3.8, 4) is 17.1 Å². The summed E-state index contributed by atoms with van der Waals surface area (Å²) in [5.74, 6) is 0.589. The van der Waals surface area contributed by atoms with Crippen LogP contribution in [0.3, 0.4) is 0 Å². The summed E-state index contributed by atoms with van der Waals surface area (Å²) < 4.78 is 8.01. The number of aromatic nitrogens is 4. The van der Waals surface area contributed by atoms with E-state index < -0.39 is 5.91 Å². The van der Waals surface area contributed by atoms with Crippen molar-refractivity contribution < 1.29 is 9.53 Å². The molecule has 2 heterocycles. The van der Waals surface area contributed by atoms with Gasteiger partial charge in [0.05, 0.1) is 24.2 Å². The average Bonchev–Trinajstić information content (AvgIpc) is 2.88. The number of carbonyl (C=O) groups excluding carboxylic acids is 1. The number of primary amides is 1. The minimum absolute atomic E-state index is 0.313. The molecule has 1 aliphatic rings. The Labute approximate surface area is 170 Å². The topological polar surface area (TPSA) is 108 Å². The zero-order chi connectivity index (χ0) is 19.8. The van der Waals surface area contributed by atoms with Gasteiger partial charge in [-0.1, -0.05) is 15.9 Å². The predicted molar refractivity (Wildman–Crippen MR) is 109 cm³/mol. The smallest absolute Gasteiger partial charge is 0.269 e. The number of hydrogen-bond donors (Lipinski definition) is 2. The minimum atomic E-state index is -0.521. The molecule has 1 aliphatic carbocycles. The van der Waals surface area contributed by atoms with Crippen LogP contribution in [0, 0.1) is 0 Å². The summed E-state index contributed by atoms with van der Waals surface area (Å²) in [4.78, 5) is 21.0. The first-order valence-electron chi connectivity index (χ1n) is 8.80. The van der Waals surface area contributed by atoms with E-state index in [1.807, 2.05) is 24.4 Å². The van der Waals surface area contributed by atoms with Crippen LogP contribution in [0.4, 0.5) is 11.6 Å². The van der Waals surface area contributed by atoms with Gasteiger partial charge in [-0.25, -0.2) is 9.97 Å². The van der Waals surface area contributed by atoms with Crippen LogP contribution in [0.2, 0.25) is 0 Å². The maximum absolute atomic E-state index is 11.8. The number of fused-ring (bicyclic) bond motifs is 3. The molecule has 2 aromatic heterocycles. The van der Waals surface area contributed by atoms with Gasteiger partial charge < -0.3 is 15.8 Å². The fraction of sp³-hybridized carbons (Fsp3) is 0.263. The molecule has 0 aliphatic heterocycles. The van der Waals surface area contributed by atoms with Gasteiger partial charge in [-0.15, -0.1) is 0 Å². The summed E-state index contributed by atoms with van der Waals surface area (Å²) in [5, 5.41) is 7.53.